The Labute approximate surface area is 140 Å². The van der Waals surface area contributed by atoms with Crippen molar-refractivity contribution in [3.05, 3.63) is 78.9 Å². The Hall–Kier alpha value is -3.21. The van der Waals surface area contributed by atoms with Crippen molar-refractivity contribution in [1.29, 1.82) is 0 Å². The Morgan fingerprint density at radius 3 is 2.67 bits per heavy atom. The highest BCUT2D eigenvalue weighted by Crippen LogP contribution is 2.21. The number of benzene rings is 1. The van der Waals surface area contributed by atoms with Gasteiger partial charge < -0.3 is 5.32 Å². The van der Waals surface area contributed by atoms with Crippen LogP contribution in [0.4, 0.5) is 5.82 Å². The second-order valence-corrected chi connectivity index (χ2v) is 5.64. The van der Waals surface area contributed by atoms with Gasteiger partial charge in [-0.15, -0.1) is 0 Å². The maximum atomic E-state index is 4.70. The zero-order valence-corrected chi connectivity index (χ0v) is 13.3. The van der Waals surface area contributed by atoms with Gasteiger partial charge in [-0.05, 0) is 24.6 Å². The summed E-state index contributed by atoms with van der Waals surface area (Å²) in [5.41, 5.74) is 3.82. The Balaban J connectivity index is 1.64. The zero-order valence-electron chi connectivity index (χ0n) is 13.3. The van der Waals surface area contributed by atoms with Gasteiger partial charge in [-0.2, -0.15) is 0 Å². The molecule has 0 amide bonds. The average Bonchev–Trinajstić information content (AvgIpc) is 3.07. The van der Waals surface area contributed by atoms with Crippen LogP contribution in [0.15, 0.2) is 73.3 Å². The maximum Gasteiger partial charge on any atom is 0.145 e. The summed E-state index contributed by atoms with van der Waals surface area (Å²) in [6, 6.07) is 16.3. The number of nitrogens with one attached hydrogen (secondary N) is 1. The SMILES string of the molecule is C[C@H](Nc1cncc(-c2cnc3ccccn23)n1)c1ccccc1. The summed E-state index contributed by atoms with van der Waals surface area (Å²) >= 11 is 0. The highest BCUT2D eigenvalue weighted by Gasteiger charge is 2.10. The predicted molar refractivity (Wildman–Crippen MR) is 94.7 cm³/mol. The Kier molecular flexibility index (Phi) is 3.67. The van der Waals surface area contributed by atoms with Crippen molar-refractivity contribution in [3.8, 4) is 11.4 Å². The Morgan fingerprint density at radius 2 is 1.79 bits per heavy atom. The molecule has 0 aliphatic heterocycles. The van der Waals surface area contributed by atoms with E-state index >= 15 is 0 Å². The van der Waals surface area contributed by atoms with Crippen molar-refractivity contribution in [3.63, 3.8) is 0 Å². The molecule has 0 aliphatic rings. The molecule has 4 rings (SSSR count). The molecule has 0 unspecified atom stereocenters. The van der Waals surface area contributed by atoms with Gasteiger partial charge in [-0.1, -0.05) is 36.4 Å². The first-order valence-corrected chi connectivity index (χ1v) is 7.87. The van der Waals surface area contributed by atoms with Crippen LogP contribution < -0.4 is 5.32 Å². The van der Waals surface area contributed by atoms with Gasteiger partial charge in [0.05, 0.1) is 24.3 Å². The minimum absolute atomic E-state index is 0.151. The molecule has 5 nitrogen and oxygen atoms in total. The third-order valence-corrected chi connectivity index (χ3v) is 3.98. The highest BCUT2D eigenvalue weighted by atomic mass is 15.1. The van der Waals surface area contributed by atoms with Crippen molar-refractivity contribution in [2.45, 2.75) is 13.0 Å². The lowest BCUT2D eigenvalue weighted by molar-refractivity contribution is 0.871. The van der Waals surface area contributed by atoms with Gasteiger partial charge in [-0.25, -0.2) is 9.97 Å². The molecule has 0 fully saturated rings. The molecular weight excluding hydrogens is 298 g/mol. The van der Waals surface area contributed by atoms with E-state index in [-0.39, 0.29) is 6.04 Å². The summed E-state index contributed by atoms with van der Waals surface area (Å²) in [7, 11) is 0. The summed E-state index contributed by atoms with van der Waals surface area (Å²) in [6.45, 7) is 2.11. The third kappa shape index (κ3) is 2.72. The largest absolute Gasteiger partial charge is 0.362 e. The maximum absolute atomic E-state index is 4.70. The molecule has 0 spiro atoms. The van der Waals surface area contributed by atoms with Crippen LogP contribution in [-0.4, -0.2) is 19.4 Å². The van der Waals surface area contributed by atoms with E-state index < -0.39 is 0 Å². The minimum atomic E-state index is 0.151. The van der Waals surface area contributed by atoms with Gasteiger partial charge in [0.1, 0.15) is 17.2 Å². The first-order valence-electron chi connectivity index (χ1n) is 7.87. The topological polar surface area (TPSA) is 55.1 Å². The second-order valence-electron chi connectivity index (χ2n) is 5.64. The number of rotatable bonds is 4. The molecule has 3 heterocycles. The molecule has 4 aromatic rings. The van der Waals surface area contributed by atoms with Gasteiger partial charge in [-0.3, -0.25) is 9.38 Å². The lowest BCUT2D eigenvalue weighted by Gasteiger charge is -2.15. The molecule has 24 heavy (non-hydrogen) atoms. The lowest BCUT2D eigenvalue weighted by Crippen LogP contribution is -2.08. The Morgan fingerprint density at radius 1 is 0.958 bits per heavy atom. The number of aromatic nitrogens is 4. The zero-order chi connectivity index (χ0) is 16.4. The summed E-state index contributed by atoms with van der Waals surface area (Å²) in [5, 5.41) is 3.41. The van der Waals surface area contributed by atoms with Crippen LogP contribution in [0.3, 0.4) is 0 Å². The molecule has 1 atom stereocenters. The monoisotopic (exact) mass is 315 g/mol. The number of anilines is 1. The van der Waals surface area contributed by atoms with E-state index in [1.165, 1.54) is 5.56 Å². The van der Waals surface area contributed by atoms with E-state index in [1.54, 1.807) is 12.4 Å². The van der Waals surface area contributed by atoms with Crippen LogP contribution in [0.25, 0.3) is 17.0 Å². The summed E-state index contributed by atoms with van der Waals surface area (Å²) < 4.78 is 2.01. The summed E-state index contributed by atoms with van der Waals surface area (Å²) in [6.07, 6.45) is 7.30. The first-order chi connectivity index (χ1) is 11.8. The van der Waals surface area contributed by atoms with E-state index in [9.17, 15) is 0 Å². The molecule has 118 valence electrons. The molecule has 5 heteroatoms. The molecule has 1 N–H and O–H groups in total. The van der Waals surface area contributed by atoms with E-state index in [2.05, 4.69) is 34.3 Å². The van der Waals surface area contributed by atoms with E-state index in [0.717, 1.165) is 22.9 Å². The van der Waals surface area contributed by atoms with E-state index in [1.807, 2.05) is 53.2 Å². The van der Waals surface area contributed by atoms with Crippen molar-refractivity contribution >= 4 is 11.5 Å². The van der Waals surface area contributed by atoms with Crippen molar-refractivity contribution in [1.82, 2.24) is 19.4 Å². The normalized spacial score (nSPS) is 12.2. The molecular formula is C19H17N5. The number of pyridine rings is 1. The van der Waals surface area contributed by atoms with Crippen LogP contribution in [0.2, 0.25) is 0 Å². The van der Waals surface area contributed by atoms with Crippen LogP contribution >= 0.6 is 0 Å². The minimum Gasteiger partial charge on any atom is -0.362 e. The van der Waals surface area contributed by atoms with Gasteiger partial charge in [0.25, 0.3) is 0 Å². The van der Waals surface area contributed by atoms with Crippen LogP contribution in [0.1, 0.15) is 18.5 Å². The second kappa shape index (κ2) is 6.12. The first kappa shape index (κ1) is 14.4. The van der Waals surface area contributed by atoms with Crippen molar-refractivity contribution in [2.24, 2.45) is 0 Å². The standard InChI is InChI=1S/C19H17N5/c1-14(15-7-3-2-4-8-15)22-18-13-20-11-16(23-18)17-12-21-19-9-5-6-10-24(17)19/h2-14H,1H3,(H,22,23)/t14-/m0/s1. The molecule has 0 saturated heterocycles. The fourth-order valence-electron chi connectivity index (χ4n) is 2.73. The lowest BCUT2D eigenvalue weighted by atomic mass is 10.1. The highest BCUT2D eigenvalue weighted by molar-refractivity contribution is 5.60. The number of hydrogen-bond acceptors (Lipinski definition) is 4. The molecule has 0 radical (unpaired) electrons. The number of imidazole rings is 1. The van der Waals surface area contributed by atoms with Gasteiger partial charge >= 0.3 is 0 Å². The molecule has 0 bridgehead atoms. The summed E-state index contributed by atoms with van der Waals surface area (Å²) in [4.78, 5) is 13.4. The van der Waals surface area contributed by atoms with E-state index in [4.69, 9.17) is 4.98 Å². The molecule has 1 aromatic carbocycles. The smallest absolute Gasteiger partial charge is 0.145 e. The van der Waals surface area contributed by atoms with Gasteiger partial charge in [0, 0.05) is 12.2 Å². The molecule has 0 saturated carbocycles. The Bertz CT molecular complexity index is 962. The quantitative estimate of drug-likeness (QED) is 0.619. The average molecular weight is 315 g/mol. The van der Waals surface area contributed by atoms with Gasteiger partial charge in [0.15, 0.2) is 0 Å². The predicted octanol–water partition coefficient (Wildman–Crippen LogP) is 3.96. The summed E-state index contributed by atoms with van der Waals surface area (Å²) in [5.74, 6) is 0.745. The fourth-order valence-corrected chi connectivity index (χ4v) is 2.73. The van der Waals surface area contributed by atoms with Crippen LogP contribution in [0, 0.1) is 0 Å². The van der Waals surface area contributed by atoms with Crippen molar-refractivity contribution < 1.29 is 0 Å². The number of fused-ring (bicyclic) bond motifs is 1. The fraction of sp³-hybridized carbons (Fsp3) is 0.105. The van der Waals surface area contributed by atoms with E-state index in [0.29, 0.717) is 0 Å². The number of hydrogen-bond donors (Lipinski definition) is 1. The van der Waals surface area contributed by atoms with Crippen molar-refractivity contribution in [2.75, 3.05) is 5.32 Å². The van der Waals surface area contributed by atoms with Gasteiger partial charge in [0.2, 0.25) is 0 Å². The van der Waals surface area contributed by atoms with Crippen LogP contribution in [-0.2, 0) is 0 Å². The number of nitrogens with zero attached hydrogens (tertiary/aromatic N) is 4. The third-order valence-electron chi connectivity index (χ3n) is 3.98. The molecule has 0 aliphatic carbocycles. The molecule has 3 aromatic heterocycles. The van der Waals surface area contributed by atoms with Crippen LogP contribution in [0.5, 0.6) is 0 Å².